The van der Waals surface area contributed by atoms with Gasteiger partial charge in [0.05, 0.1) is 30.4 Å². The van der Waals surface area contributed by atoms with E-state index >= 15 is 0 Å². The Morgan fingerprint density at radius 1 is 1.33 bits per heavy atom. The summed E-state index contributed by atoms with van der Waals surface area (Å²) in [5.74, 6) is 0.876. The maximum atomic E-state index is 11.5. The van der Waals surface area contributed by atoms with E-state index < -0.39 is 17.4 Å². The van der Waals surface area contributed by atoms with Crippen LogP contribution in [-0.4, -0.2) is 61.8 Å². The third-order valence-electron chi connectivity index (χ3n) is 5.47. The molecule has 3 aliphatic rings. The summed E-state index contributed by atoms with van der Waals surface area (Å²) < 4.78 is 0. The van der Waals surface area contributed by atoms with Crippen molar-refractivity contribution in [2.45, 2.75) is 50.1 Å². The molecular weight excluding hydrogens is 314 g/mol. The summed E-state index contributed by atoms with van der Waals surface area (Å²) in [6.07, 6.45) is -0.218. The number of nitrogens with one attached hydrogen (secondary N) is 3. The molecule has 0 amide bonds. The van der Waals surface area contributed by atoms with Crippen molar-refractivity contribution < 1.29 is 10.2 Å². The molecule has 1 unspecified atom stereocenters. The molecule has 1 aromatic rings. The predicted octanol–water partition coefficient (Wildman–Crippen LogP) is -1.73. The highest BCUT2D eigenvalue weighted by atomic mass is 16.3. The van der Waals surface area contributed by atoms with Crippen LogP contribution < -0.4 is 16.6 Å². The summed E-state index contributed by atoms with van der Waals surface area (Å²) in [5, 5.41) is 24.1. The number of aliphatic imine (C=N–C) groups is 1. The molecule has 4 heterocycles. The smallest absolute Gasteiger partial charge is 0.325 e. The highest BCUT2D eigenvalue weighted by Crippen LogP contribution is 2.37. The molecule has 24 heavy (non-hydrogen) atoms. The van der Waals surface area contributed by atoms with E-state index in [4.69, 9.17) is 0 Å². The third kappa shape index (κ3) is 2.35. The van der Waals surface area contributed by atoms with Gasteiger partial charge in [0.25, 0.3) is 5.56 Å². The van der Waals surface area contributed by atoms with E-state index in [0.717, 1.165) is 5.96 Å². The van der Waals surface area contributed by atoms with Crippen molar-refractivity contribution in [3.63, 3.8) is 0 Å². The molecule has 0 spiro atoms. The monoisotopic (exact) mass is 335 g/mol. The molecule has 0 radical (unpaired) electrons. The van der Waals surface area contributed by atoms with Crippen LogP contribution in [0.1, 0.15) is 31.6 Å². The zero-order chi connectivity index (χ0) is 17.0. The van der Waals surface area contributed by atoms with E-state index in [1.165, 1.54) is 6.07 Å². The fourth-order valence-electron chi connectivity index (χ4n) is 4.15. The molecule has 9 heteroatoms. The molecule has 5 N–H and O–H groups in total. The normalized spacial score (nSPS) is 35.9. The molecule has 2 fully saturated rings. The number of aromatic nitrogens is 2. The van der Waals surface area contributed by atoms with Crippen LogP contribution in [0.2, 0.25) is 0 Å². The van der Waals surface area contributed by atoms with Crippen molar-refractivity contribution in [2.75, 3.05) is 6.54 Å². The average molecular weight is 335 g/mol. The first kappa shape index (κ1) is 15.4. The van der Waals surface area contributed by atoms with Gasteiger partial charge < -0.3 is 25.4 Å². The van der Waals surface area contributed by atoms with Crippen LogP contribution in [0.25, 0.3) is 0 Å². The Balaban J connectivity index is 1.60. The molecule has 0 aromatic carbocycles. The van der Waals surface area contributed by atoms with E-state index in [1.807, 2.05) is 6.92 Å². The summed E-state index contributed by atoms with van der Waals surface area (Å²) in [4.78, 5) is 34.2. The van der Waals surface area contributed by atoms with Gasteiger partial charge in [-0.25, -0.2) is 4.79 Å². The van der Waals surface area contributed by atoms with Gasteiger partial charge >= 0.3 is 5.69 Å². The number of guanidine groups is 1. The number of piperidine rings is 1. The number of nitrogens with zero attached hydrogens (tertiary/aromatic N) is 2. The maximum Gasteiger partial charge on any atom is 0.325 e. The van der Waals surface area contributed by atoms with Crippen LogP contribution in [0.15, 0.2) is 20.6 Å². The first-order chi connectivity index (χ1) is 11.4. The molecule has 3 aliphatic heterocycles. The SMILES string of the molecule is C[C@@H]1[C@H](O)C[C@H]2C[C@@H](C(O)c3cc(=O)[nH]c(=O)[nH]3)NC3=NC[C@@H]1N32. The predicted molar refractivity (Wildman–Crippen MR) is 85.7 cm³/mol. The molecule has 130 valence electrons. The largest absolute Gasteiger partial charge is 0.393 e. The summed E-state index contributed by atoms with van der Waals surface area (Å²) in [6.45, 7) is 2.66. The minimum atomic E-state index is -1.04. The number of hydrogen-bond acceptors (Lipinski definition) is 7. The van der Waals surface area contributed by atoms with E-state index in [-0.39, 0.29) is 35.8 Å². The van der Waals surface area contributed by atoms with Crippen LogP contribution in [0, 0.1) is 5.92 Å². The highest BCUT2D eigenvalue weighted by molar-refractivity contribution is 5.83. The number of aromatic amines is 2. The van der Waals surface area contributed by atoms with Crippen molar-refractivity contribution in [1.82, 2.24) is 20.2 Å². The maximum absolute atomic E-state index is 11.5. The summed E-state index contributed by atoms with van der Waals surface area (Å²) in [6, 6.07) is 1.06. The average Bonchev–Trinajstić information content (AvgIpc) is 2.95. The number of rotatable bonds is 2. The van der Waals surface area contributed by atoms with E-state index in [1.54, 1.807) is 0 Å². The van der Waals surface area contributed by atoms with Gasteiger partial charge in [-0.05, 0) is 12.8 Å². The fraction of sp³-hybridized carbons (Fsp3) is 0.667. The number of hydrogen-bond donors (Lipinski definition) is 5. The van der Waals surface area contributed by atoms with Crippen molar-refractivity contribution >= 4 is 5.96 Å². The van der Waals surface area contributed by atoms with Gasteiger partial charge in [-0.15, -0.1) is 0 Å². The van der Waals surface area contributed by atoms with Crippen molar-refractivity contribution in [1.29, 1.82) is 0 Å². The van der Waals surface area contributed by atoms with Gasteiger partial charge in [0.2, 0.25) is 0 Å². The van der Waals surface area contributed by atoms with E-state index in [2.05, 4.69) is 25.2 Å². The van der Waals surface area contributed by atoms with Gasteiger partial charge in [0, 0.05) is 18.0 Å². The van der Waals surface area contributed by atoms with Gasteiger partial charge in [-0.1, -0.05) is 6.92 Å². The number of H-pyrrole nitrogens is 2. The van der Waals surface area contributed by atoms with Crippen LogP contribution in [0.4, 0.5) is 0 Å². The van der Waals surface area contributed by atoms with Crippen LogP contribution >= 0.6 is 0 Å². The zero-order valence-corrected chi connectivity index (χ0v) is 13.3. The van der Waals surface area contributed by atoms with Crippen molar-refractivity contribution in [2.24, 2.45) is 10.9 Å². The Labute approximate surface area is 137 Å². The molecular formula is C15H21N5O4. The molecule has 0 saturated carbocycles. The minimum Gasteiger partial charge on any atom is -0.393 e. The summed E-state index contributed by atoms with van der Waals surface area (Å²) >= 11 is 0. The van der Waals surface area contributed by atoms with E-state index in [9.17, 15) is 19.8 Å². The Bertz CT molecular complexity index is 758. The second-order valence-electron chi connectivity index (χ2n) is 6.93. The Hall–Kier alpha value is -2.13. The van der Waals surface area contributed by atoms with Gasteiger partial charge in [0.15, 0.2) is 5.96 Å². The number of aliphatic hydroxyl groups excluding tert-OH is 2. The third-order valence-corrected chi connectivity index (χ3v) is 5.47. The Kier molecular flexibility index (Phi) is 3.50. The first-order valence-electron chi connectivity index (χ1n) is 8.23. The Morgan fingerprint density at radius 2 is 2.12 bits per heavy atom. The van der Waals surface area contributed by atoms with Crippen molar-refractivity contribution in [3.8, 4) is 0 Å². The summed E-state index contributed by atoms with van der Waals surface area (Å²) in [5.41, 5.74) is -1.02. The quantitative estimate of drug-likeness (QED) is 0.436. The van der Waals surface area contributed by atoms with Crippen LogP contribution in [0.3, 0.4) is 0 Å². The topological polar surface area (TPSA) is 134 Å². The fourth-order valence-corrected chi connectivity index (χ4v) is 4.15. The zero-order valence-electron chi connectivity index (χ0n) is 13.3. The Morgan fingerprint density at radius 3 is 2.88 bits per heavy atom. The molecule has 0 aliphatic carbocycles. The second-order valence-corrected chi connectivity index (χ2v) is 6.93. The number of aliphatic hydroxyl groups is 2. The van der Waals surface area contributed by atoms with Crippen molar-refractivity contribution in [3.05, 3.63) is 32.6 Å². The highest BCUT2D eigenvalue weighted by Gasteiger charge is 2.48. The lowest BCUT2D eigenvalue weighted by molar-refractivity contribution is -0.0201. The standard InChI is InChI=1S/C15H21N5O4/c1-6-10-5-16-14-17-8(2-7(20(10)14)3-11(6)21)13(23)9-4-12(22)19-15(24)18-9/h4,6-8,10-11,13,21,23H,2-3,5H2,1H3,(H,16,17)(H2,18,19,22,24)/t6-,7+,8-,10-,11+,13?/m0/s1. The molecule has 9 nitrogen and oxygen atoms in total. The first-order valence-corrected chi connectivity index (χ1v) is 8.23. The molecule has 6 atom stereocenters. The minimum absolute atomic E-state index is 0.0806. The lowest BCUT2D eigenvalue weighted by Crippen LogP contribution is -2.65. The lowest BCUT2D eigenvalue weighted by Gasteiger charge is -2.50. The second kappa shape index (κ2) is 5.45. The van der Waals surface area contributed by atoms with E-state index in [0.29, 0.717) is 19.4 Å². The summed E-state index contributed by atoms with van der Waals surface area (Å²) in [7, 11) is 0. The van der Waals surface area contributed by atoms with Gasteiger partial charge in [-0.2, -0.15) is 0 Å². The van der Waals surface area contributed by atoms with Crippen LogP contribution in [-0.2, 0) is 0 Å². The lowest BCUT2D eigenvalue weighted by atomic mass is 9.81. The molecule has 0 bridgehead atoms. The molecule has 1 aromatic heterocycles. The van der Waals surface area contributed by atoms with Crippen LogP contribution in [0.5, 0.6) is 0 Å². The van der Waals surface area contributed by atoms with Gasteiger partial charge in [0.1, 0.15) is 6.10 Å². The molecule has 4 rings (SSSR count). The van der Waals surface area contributed by atoms with Gasteiger partial charge in [-0.3, -0.25) is 14.8 Å². The molecule has 2 saturated heterocycles.